The van der Waals surface area contributed by atoms with Crippen molar-refractivity contribution < 1.29 is 4.70 Å². The van der Waals surface area contributed by atoms with Gasteiger partial charge in [-0.3, -0.25) is 0 Å². The molecule has 0 radical (unpaired) electrons. The molecule has 1 aliphatic heterocycles. The van der Waals surface area contributed by atoms with Gasteiger partial charge in [0.05, 0.1) is 0 Å². The van der Waals surface area contributed by atoms with E-state index in [2.05, 4.69) is 77.9 Å². The maximum atomic E-state index is 12.6. The highest BCUT2D eigenvalue weighted by molar-refractivity contribution is 5.82. The number of benzene rings is 2. The van der Waals surface area contributed by atoms with E-state index in [1.54, 1.807) is 4.70 Å². The normalized spacial score (nSPS) is 13.4. The van der Waals surface area contributed by atoms with Crippen molar-refractivity contribution in [2.24, 2.45) is 0 Å². The molecule has 0 aromatic heterocycles. The number of aryl methyl sites for hydroxylation is 4. The quantitative estimate of drug-likeness (QED) is 0.0714. The van der Waals surface area contributed by atoms with E-state index in [0.29, 0.717) is 0 Å². The summed E-state index contributed by atoms with van der Waals surface area (Å²) in [5.74, 6) is 0. The molecule has 0 bridgehead atoms. The summed E-state index contributed by atoms with van der Waals surface area (Å²) in [6, 6.07) is 14.6. The molecular weight excluding hydrogens is 581 g/mol. The third kappa shape index (κ3) is 12.4. The second kappa shape index (κ2) is 23.0. The molecule has 0 aliphatic carbocycles. The zero-order chi connectivity index (χ0) is 34.6. The lowest BCUT2D eigenvalue weighted by atomic mass is 9.89. The van der Waals surface area contributed by atoms with Gasteiger partial charge in [-0.1, -0.05) is 131 Å². The van der Waals surface area contributed by atoms with Crippen LogP contribution in [0.3, 0.4) is 0 Å². The van der Waals surface area contributed by atoms with Gasteiger partial charge in [-0.15, -0.1) is 0 Å². The Morgan fingerprint density at radius 3 is 0.979 bits per heavy atom. The fourth-order valence-corrected chi connectivity index (χ4v) is 7.50. The minimum Gasteiger partial charge on any atom is -0.493 e. The number of allylic oxidation sites excluding steroid dienone is 2. The Bertz CT molecular complexity index is 1260. The molecule has 2 nitrogen and oxygen atoms in total. The minimum absolute atomic E-state index is 1.04. The molecule has 0 atom stereocenters. The van der Waals surface area contributed by atoms with E-state index in [9.17, 15) is 5.53 Å². The lowest BCUT2D eigenvalue weighted by Gasteiger charge is -2.14. The van der Waals surface area contributed by atoms with Gasteiger partial charge in [-0.2, -0.15) is 0 Å². The van der Waals surface area contributed by atoms with Gasteiger partial charge in [0.15, 0.2) is 0 Å². The molecule has 0 unspecified atom stereocenters. The second-order valence-corrected chi connectivity index (χ2v) is 14.8. The molecular formula is C46H72N2. The van der Waals surface area contributed by atoms with Crippen molar-refractivity contribution in [3.8, 4) is 0 Å². The van der Waals surface area contributed by atoms with Gasteiger partial charge in [0.2, 0.25) is 11.4 Å². The standard InChI is InChI=1S/C46H72N2/c1-7-13-19-21-22-24-30-44-43(29-23-20-14-8-2)45(41-33-37(25-15-9-3)31-38(34-41)26-16-10-4)48(47)46(44)42-35-39(27-17-11-5)32-40(36-42)28-18-12-6/h31-36H,7-30H2,1-6H3. The lowest BCUT2D eigenvalue weighted by Crippen LogP contribution is -2.05. The summed E-state index contributed by atoms with van der Waals surface area (Å²) >= 11 is 0. The highest BCUT2D eigenvalue weighted by atomic mass is 15.2. The maximum Gasteiger partial charge on any atom is 0.211 e. The van der Waals surface area contributed by atoms with E-state index in [1.807, 2.05) is 0 Å². The molecule has 2 aromatic carbocycles. The summed E-state index contributed by atoms with van der Waals surface area (Å²) in [6.07, 6.45) is 28.9. The molecule has 0 amide bonds. The molecule has 0 spiro atoms. The summed E-state index contributed by atoms with van der Waals surface area (Å²) < 4.78 is 1.67. The summed E-state index contributed by atoms with van der Waals surface area (Å²) in [6.45, 7) is 13.8. The van der Waals surface area contributed by atoms with Crippen molar-refractivity contribution in [2.75, 3.05) is 0 Å². The van der Waals surface area contributed by atoms with Crippen LogP contribution in [0.4, 0.5) is 0 Å². The van der Waals surface area contributed by atoms with Crippen LogP contribution in [0.25, 0.3) is 16.9 Å². The first-order chi connectivity index (χ1) is 23.5. The van der Waals surface area contributed by atoms with Gasteiger partial charge in [-0.25, -0.2) is 4.70 Å². The van der Waals surface area contributed by atoms with Crippen LogP contribution >= 0.6 is 0 Å². The first-order valence-electron chi connectivity index (χ1n) is 20.7. The fraction of sp³-hybridized carbons (Fsp3) is 0.652. The summed E-state index contributed by atoms with van der Waals surface area (Å²) in [5.41, 5.74) is 25.7. The van der Waals surface area contributed by atoms with Crippen LogP contribution in [0.2, 0.25) is 0 Å². The van der Waals surface area contributed by atoms with Crippen molar-refractivity contribution in [1.29, 1.82) is 0 Å². The van der Waals surface area contributed by atoms with Gasteiger partial charge >= 0.3 is 0 Å². The van der Waals surface area contributed by atoms with Crippen LogP contribution in [-0.4, -0.2) is 4.70 Å². The molecule has 3 rings (SSSR count). The molecule has 1 aliphatic rings. The van der Waals surface area contributed by atoms with Crippen LogP contribution in [0.1, 0.15) is 203 Å². The van der Waals surface area contributed by atoms with E-state index in [-0.39, 0.29) is 0 Å². The highest BCUT2D eigenvalue weighted by Gasteiger charge is 2.35. The van der Waals surface area contributed by atoms with E-state index in [4.69, 9.17) is 0 Å². The first-order valence-corrected chi connectivity index (χ1v) is 20.7. The Morgan fingerprint density at radius 2 is 0.646 bits per heavy atom. The van der Waals surface area contributed by atoms with Gasteiger partial charge in [-0.05, 0) is 124 Å². The summed E-state index contributed by atoms with van der Waals surface area (Å²) in [7, 11) is 0. The van der Waals surface area contributed by atoms with Gasteiger partial charge in [0, 0.05) is 22.3 Å². The molecule has 0 N–H and O–H groups in total. The largest absolute Gasteiger partial charge is 0.493 e. The van der Waals surface area contributed by atoms with Crippen molar-refractivity contribution in [1.82, 2.24) is 0 Å². The number of unbranched alkanes of at least 4 members (excludes halogenated alkanes) is 12. The topological polar surface area (TPSA) is 25.3 Å². The Labute approximate surface area is 297 Å². The van der Waals surface area contributed by atoms with Crippen molar-refractivity contribution in [3.63, 3.8) is 0 Å². The zero-order valence-electron chi connectivity index (χ0n) is 32.3. The van der Waals surface area contributed by atoms with Crippen LogP contribution < -0.4 is 0 Å². The predicted octanol–water partition coefficient (Wildman–Crippen LogP) is 14.9. The molecule has 2 aromatic rings. The SMILES string of the molecule is CCCCCCCCC1=C(c2cc(CCCC)cc(CCCC)c2)[N+](=[N-])C(c2cc(CCCC)cc(CCCC)c2)=C1CCCCCC. The van der Waals surface area contributed by atoms with Crippen LogP contribution in [0, 0.1) is 0 Å². The predicted molar refractivity (Wildman–Crippen MR) is 212 cm³/mol. The maximum absolute atomic E-state index is 12.6. The van der Waals surface area contributed by atoms with Crippen LogP contribution in [-0.2, 0) is 25.7 Å². The smallest absolute Gasteiger partial charge is 0.211 e. The molecule has 2 heteroatoms. The average molecular weight is 653 g/mol. The molecule has 266 valence electrons. The van der Waals surface area contributed by atoms with E-state index in [1.165, 1.54) is 160 Å². The minimum atomic E-state index is 1.04. The monoisotopic (exact) mass is 653 g/mol. The fourth-order valence-electron chi connectivity index (χ4n) is 7.50. The van der Waals surface area contributed by atoms with Gasteiger partial charge in [0.25, 0.3) is 0 Å². The van der Waals surface area contributed by atoms with Crippen LogP contribution in [0.15, 0.2) is 47.5 Å². The van der Waals surface area contributed by atoms with E-state index >= 15 is 0 Å². The Morgan fingerprint density at radius 1 is 0.354 bits per heavy atom. The zero-order valence-corrected chi connectivity index (χ0v) is 32.3. The number of rotatable bonds is 26. The Balaban J connectivity index is 2.20. The number of hydrogen-bond acceptors (Lipinski definition) is 0. The summed E-state index contributed by atoms with van der Waals surface area (Å²) in [4.78, 5) is 0. The summed E-state index contributed by atoms with van der Waals surface area (Å²) in [5, 5.41) is 0. The van der Waals surface area contributed by atoms with E-state index in [0.717, 1.165) is 49.9 Å². The number of hydrogen-bond donors (Lipinski definition) is 0. The molecule has 0 saturated carbocycles. The van der Waals surface area contributed by atoms with Crippen LogP contribution in [0.5, 0.6) is 0 Å². The molecule has 1 heterocycles. The molecule has 48 heavy (non-hydrogen) atoms. The third-order valence-electron chi connectivity index (χ3n) is 10.3. The second-order valence-electron chi connectivity index (χ2n) is 14.8. The number of nitrogens with zero attached hydrogens (tertiary/aromatic N) is 2. The van der Waals surface area contributed by atoms with E-state index < -0.39 is 0 Å². The van der Waals surface area contributed by atoms with Gasteiger partial charge in [0.1, 0.15) is 0 Å². The molecule has 0 fully saturated rings. The Kier molecular flexibility index (Phi) is 19.2. The van der Waals surface area contributed by atoms with Crippen molar-refractivity contribution >= 4 is 11.4 Å². The van der Waals surface area contributed by atoms with Crippen molar-refractivity contribution in [2.45, 2.75) is 196 Å². The Hall–Kier alpha value is -2.48. The average Bonchev–Trinajstić information content (AvgIpc) is 3.37. The first kappa shape index (κ1) is 40.0. The molecule has 0 saturated heterocycles. The lowest BCUT2D eigenvalue weighted by molar-refractivity contribution is -0.345. The highest BCUT2D eigenvalue weighted by Crippen LogP contribution is 2.45. The van der Waals surface area contributed by atoms with Crippen molar-refractivity contribution in [3.05, 3.63) is 86.5 Å². The van der Waals surface area contributed by atoms with Gasteiger partial charge < -0.3 is 5.53 Å². The third-order valence-corrected chi connectivity index (χ3v) is 10.3.